The summed E-state index contributed by atoms with van der Waals surface area (Å²) in [4.78, 5) is 12.8. The lowest BCUT2D eigenvalue weighted by Gasteiger charge is -2.42. The Morgan fingerprint density at radius 1 is 1.29 bits per heavy atom. The Bertz CT molecular complexity index is 529. The van der Waals surface area contributed by atoms with Crippen LogP contribution in [0.2, 0.25) is 0 Å². The van der Waals surface area contributed by atoms with Gasteiger partial charge < -0.3 is 9.47 Å². The van der Waals surface area contributed by atoms with Gasteiger partial charge in [-0.3, -0.25) is 4.79 Å². The number of benzene rings is 1. The third-order valence-electron chi connectivity index (χ3n) is 4.72. The maximum atomic E-state index is 12.8. The smallest absolute Gasteiger partial charge is 0.166 e. The second-order valence-electron chi connectivity index (χ2n) is 6.16. The Kier molecular flexibility index (Phi) is 4.48. The molecule has 1 atom stereocenters. The van der Waals surface area contributed by atoms with Crippen LogP contribution in [0.5, 0.6) is 0 Å². The summed E-state index contributed by atoms with van der Waals surface area (Å²) in [5.74, 6) is 0.330. The van der Waals surface area contributed by atoms with E-state index in [1.807, 2.05) is 25.1 Å². The van der Waals surface area contributed by atoms with E-state index in [2.05, 4.69) is 15.9 Å². The van der Waals surface area contributed by atoms with Crippen molar-refractivity contribution in [2.75, 3.05) is 19.8 Å². The molecule has 4 heteroatoms. The predicted molar refractivity (Wildman–Crippen MR) is 84.7 cm³/mol. The zero-order valence-corrected chi connectivity index (χ0v) is 13.9. The Balaban J connectivity index is 1.76. The van der Waals surface area contributed by atoms with Gasteiger partial charge in [-0.1, -0.05) is 28.1 Å². The lowest BCUT2D eigenvalue weighted by Crippen LogP contribution is -2.45. The number of halogens is 1. The molecular weight excluding hydrogens is 332 g/mol. The van der Waals surface area contributed by atoms with Crippen LogP contribution in [0.4, 0.5) is 0 Å². The minimum atomic E-state index is -0.126. The van der Waals surface area contributed by atoms with Crippen molar-refractivity contribution < 1.29 is 14.3 Å². The number of ether oxygens (including phenoxy) is 2. The summed E-state index contributed by atoms with van der Waals surface area (Å²) >= 11 is 3.52. The zero-order chi connectivity index (χ0) is 14.9. The van der Waals surface area contributed by atoms with Gasteiger partial charge in [0.2, 0.25) is 0 Å². The van der Waals surface area contributed by atoms with Crippen molar-refractivity contribution in [3.05, 3.63) is 33.8 Å². The monoisotopic (exact) mass is 352 g/mol. The molecule has 1 spiro atoms. The highest BCUT2D eigenvalue weighted by Crippen LogP contribution is 2.38. The van der Waals surface area contributed by atoms with Gasteiger partial charge in [0.25, 0.3) is 0 Å². The fourth-order valence-electron chi connectivity index (χ4n) is 3.33. The minimum Gasteiger partial charge on any atom is -0.381 e. The fourth-order valence-corrected chi connectivity index (χ4v) is 3.70. The van der Waals surface area contributed by atoms with Gasteiger partial charge in [0.1, 0.15) is 0 Å². The molecule has 2 aliphatic heterocycles. The van der Waals surface area contributed by atoms with Crippen molar-refractivity contribution in [1.82, 2.24) is 0 Å². The molecule has 0 saturated carbocycles. The number of hydrogen-bond acceptors (Lipinski definition) is 3. The van der Waals surface area contributed by atoms with Gasteiger partial charge in [-0.05, 0) is 44.2 Å². The molecule has 0 aromatic heterocycles. The molecule has 0 aliphatic carbocycles. The van der Waals surface area contributed by atoms with Crippen LogP contribution in [0.15, 0.2) is 22.7 Å². The minimum absolute atomic E-state index is 0.0754. The summed E-state index contributed by atoms with van der Waals surface area (Å²) in [6.07, 6.45) is 3.48. The lowest BCUT2D eigenvalue weighted by atomic mass is 9.78. The fraction of sp³-hybridized carbons (Fsp3) is 0.588. The summed E-state index contributed by atoms with van der Waals surface area (Å²) in [7, 11) is 0. The SMILES string of the molecule is Cc1ccc(C(=O)C2CCOC3(CCOCC3)C2)cc1Br. The van der Waals surface area contributed by atoms with E-state index in [4.69, 9.17) is 9.47 Å². The van der Waals surface area contributed by atoms with Gasteiger partial charge >= 0.3 is 0 Å². The van der Waals surface area contributed by atoms with Gasteiger partial charge in [0.15, 0.2) is 5.78 Å². The second kappa shape index (κ2) is 6.19. The molecule has 2 fully saturated rings. The maximum Gasteiger partial charge on any atom is 0.166 e. The van der Waals surface area contributed by atoms with Crippen molar-refractivity contribution in [2.45, 2.75) is 38.2 Å². The normalized spacial score (nSPS) is 25.0. The molecule has 3 rings (SSSR count). The third-order valence-corrected chi connectivity index (χ3v) is 5.58. The number of carbonyl (C=O) groups excluding carboxylic acids is 1. The highest BCUT2D eigenvalue weighted by Gasteiger charge is 2.41. The summed E-state index contributed by atoms with van der Waals surface area (Å²) < 4.78 is 12.5. The molecule has 0 bridgehead atoms. The molecule has 2 aliphatic rings. The number of hydrogen-bond donors (Lipinski definition) is 0. The van der Waals surface area contributed by atoms with Gasteiger partial charge in [0.05, 0.1) is 5.60 Å². The molecule has 0 radical (unpaired) electrons. The highest BCUT2D eigenvalue weighted by molar-refractivity contribution is 9.10. The lowest BCUT2D eigenvalue weighted by molar-refractivity contribution is -0.142. The molecule has 1 aromatic rings. The van der Waals surface area contributed by atoms with Gasteiger partial charge in [0, 0.05) is 35.8 Å². The van der Waals surface area contributed by atoms with E-state index in [1.54, 1.807) is 0 Å². The summed E-state index contributed by atoms with van der Waals surface area (Å²) in [5, 5.41) is 0. The first-order valence-corrected chi connectivity index (χ1v) is 8.41. The molecule has 0 amide bonds. The van der Waals surface area contributed by atoms with Crippen LogP contribution in [0.25, 0.3) is 0 Å². The average molecular weight is 353 g/mol. The van der Waals surface area contributed by atoms with E-state index >= 15 is 0 Å². The van der Waals surface area contributed by atoms with E-state index < -0.39 is 0 Å². The van der Waals surface area contributed by atoms with Crippen LogP contribution >= 0.6 is 15.9 Å². The van der Waals surface area contributed by atoms with Crippen LogP contribution in [0.3, 0.4) is 0 Å². The van der Waals surface area contributed by atoms with Crippen molar-refractivity contribution in [2.24, 2.45) is 5.92 Å². The van der Waals surface area contributed by atoms with Crippen LogP contribution in [0.1, 0.15) is 41.6 Å². The van der Waals surface area contributed by atoms with Crippen LogP contribution in [0, 0.1) is 12.8 Å². The Labute approximate surface area is 134 Å². The van der Waals surface area contributed by atoms with Crippen molar-refractivity contribution in [3.63, 3.8) is 0 Å². The van der Waals surface area contributed by atoms with E-state index in [-0.39, 0.29) is 17.3 Å². The zero-order valence-electron chi connectivity index (χ0n) is 12.4. The Morgan fingerprint density at radius 2 is 2.05 bits per heavy atom. The van der Waals surface area contributed by atoms with Gasteiger partial charge in [-0.2, -0.15) is 0 Å². The molecule has 21 heavy (non-hydrogen) atoms. The van der Waals surface area contributed by atoms with E-state index in [9.17, 15) is 4.79 Å². The van der Waals surface area contributed by atoms with Crippen molar-refractivity contribution in [1.29, 1.82) is 0 Å². The topological polar surface area (TPSA) is 35.5 Å². The number of ketones is 1. The molecular formula is C17H21BrO3. The van der Waals surface area contributed by atoms with Crippen molar-refractivity contribution >= 4 is 21.7 Å². The Hall–Kier alpha value is -0.710. The number of aryl methyl sites for hydroxylation is 1. The standard InChI is InChI=1S/C17H21BrO3/c1-12-2-3-13(10-15(12)18)16(19)14-4-7-21-17(11-14)5-8-20-9-6-17/h2-3,10,14H,4-9,11H2,1H3. The number of carbonyl (C=O) groups is 1. The van der Waals surface area contributed by atoms with E-state index in [0.29, 0.717) is 6.61 Å². The summed E-state index contributed by atoms with van der Waals surface area (Å²) in [5.41, 5.74) is 1.83. The number of Topliss-reactive ketones (excluding diaryl/α,β-unsaturated/α-hetero) is 1. The van der Waals surface area contributed by atoms with Crippen LogP contribution in [-0.2, 0) is 9.47 Å². The third kappa shape index (κ3) is 3.22. The first-order chi connectivity index (χ1) is 10.1. The second-order valence-corrected chi connectivity index (χ2v) is 7.02. The maximum absolute atomic E-state index is 12.8. The van der Waals surface area contributed by atoms with Gasteiger partial charge in [-0.15, -0.1) is 0 Å². The molecule has 2 heterocycles. The predicted octanol–water partition coefficient (Wildman–Crippen LogP) is 3.92. The molecule has 3 nitrogen and oxygen atoms in total. The molecule has 0 N–H and O–H groups in total. The highest BCUT2D eigenvalue weighted by atomic mass is 79.9. The summed E-state index contributed by atoms with van der Waals surface area (Å²) in [6, 6.07) is 5.89. The molecule has 1 unspecified atom stereocenters. The van der Waals surface area contributed by atoms with Crippen LogP contribution in [-0.4, -0.2) is 31.2 Å². The quantitative estimate of drug-likeness (QED) is 0.756. The molecule has 114 valence electrons. The number of rotatable bonds is 2. The van der Waals surface area contributed by atoms with E-state index in [1.165, 1.54) is 0 Å². The largest absolute Gasteiger partial charge is 0.381 e. The Morgan fingerprint density at radius 3 is 2.76 bits per heavy atom. The molecule has 2 saturated heterocycles. The first-order valence-electron chi connectivity index (χ1n) is 7.62. The first kappa shape index (κ1) is 15.2. The van der Waals surface area contributed by atoms with Crippen LogP contribution < -0.4 is 0 Å². The van der Waals surface area contributed by atoms with Gasteiger partial charge in [-0.25, -0.2) is 0 Å². The summed E-state index contributed by atoms with van der Waals surface area (Å²) in [6.45, 7) is 4.21. The van der Waals surface area contributed by atoms with E-state index in [0.717, 1.165) is 54.5 Å². The molecule has 1 aromatic carbocycles. The van der Waals surface area contributed by atoms with Crippen molar-refractivity contribution in [3.8, 4) is 0 Å². The average Bonchev–Trinajstić information content (AvgIpc) is 2.50.